The normalized spacial score (nSPS) is 13.9. The van der Waals surface area contributed by atoms with Gasteiger partial charge in [-0.2, -0.15) is 5.10 Å². The Morgan fingerprint density at radius 2 is 1.83 bits per heavy atom. The van der Waals surface area contributed by atoms with Crippen LogP contribution in [0.15, 0.2) is 80.1 Å². The first kappa shape index (κ1) is 27.2. The molecule has 0 saturated carbocycles. The van der Waals surface area contributed by atoms with Gasteiger partial charge in [0.05, 0.1) is 18.1 Å². The lowest BCUT2D eigenvalue weighted by molar-refractivity contribution is -0.0979. The molecule has 1 aromatic carbocycles. The van der Waals surface area contributed by atoms with Gasteiger partial charge in [-0.1, -0.05) is 44.2 Å². The highest BCUT2D eigenvalue weighted by Crippen LogP contribution is 2.29. The molecule has 3 heterocycles. The fraction of sp³-hybridized carbons (Fsp3) is 0.286. The lowest BCUT2D eigenvalue weighted by Crippen LogP contribution is -2.01. The largest absolute Gasteiger partial charge is 0.337 e. The molecule has 1 atom stereocenters. The number of carbonyl (C=O) groups is 1. The number of imidazole rings is 1. The third-order valence-corrected chi connectivity index (χ3v) is 5.28. The van der Waals surface area contributed by atoms with Gasteiger partial charge in [-0.15, -0.1) is 6.58 Å². The Bertz CT molecular complexity index is 1210. The minimum Gasteiger partial charge on any atom is -0.337 e. The van der Waals surface area contributed by atoms with Crippen LogP contribution in [-0.4, -0.2) is 30.9 Å². The molecular weight excluding hydrogens is 436 g/mol. The molecule has 5 rings (SSSR count). The van der Waals surface area contributed by atoms with Gasteiger partial charge >= 0.3 is 0 Å². The minimum absolute atomic E-state index is 0.540. The highest BCUT2D eigenvalue weighted by molar-refractivity contribution is 5.73. The van der Waals surface area contributed by atoms with Crippen molar-refractivity contribution in [2.24, 2.45) is 7.05 Å². The summed E-state index contributed by atoms with van der Waals surface area (Å²) in [7, 11) is 1.91. The molecule has 4 aromatic rings. The number of aryl methyl sites for hydroxylation is 1. The van der Waals surface area contributed by atoms with Gasteiger partial charge in [0, 0.05) is 42.8 Å². The number of aromatic nitrogens is 5. The fourth-order valence-corrected chi connectivity index (χ4v) is 3.81. The van der Waals surface area contributed by atoms with Crippen LogP contribution in [0, 0.1) is 0 Å². The monoisotopic (exact) mass is 472 g/mol. The Morgan fingerprint density at radius 3 is 2.43 bits per heavy atom. The first-order valence-corrected chi connectivity index (χ1v) is 11.9. The number of anilines is 2. The average molecular weight is 473 g/mol. The van der Waals surface area contributed by atoms with E-state index >= 15 is 0 Å². The Hall–Kier alpha value is -4.00. The Balaban J connectivity index is 0.000000563. The molecule has 3 aromatic heterocycles. The van der Waals surface area contributed by atoms with Crippen LogP contribution in [0.3, 0.4) is 0 Å². The molecule has 184 valence electrons. The summed E-state index contributed by atoms with van der Waals surface area (Å²) in [6, 6.07) is 8.65. The molecule has 35 heavy (non-hydrogen) atoms. The number of fused-ring (bicyclic) bond motifs is 1. The molecule has 0 saturated heterocycles. The minimum atomic E-state index is 0.540. The van der Waals surface area contributed by atoms with E-state index < -0.39 is 0 Å². The molecule has 0 fully saturated rings. The summed E-state index contributed by atoms with van der Waals surface area (Å²) >= 11 is 0. The molecule has 7 nitrogen and oxygen atoms in total. The standard InChI is InChI=1S/C22H22N6.C3H6.C2H6.CH2O/c1-27-15-18(13-25-27)20-14-24-22-21(23-11-12-28(20)22)26-19-9-7-17(8-10-19)16-5-3-2-4-6-16;1-3-2;2*1-2/h3,5,7-16H,2,4,6H2,1H3,(H,23,26);3H,1H2,2H3;1-2H3;1H2. The second-order valence-corrected chi connectivity index (χ2v) is 7.64. The van der Waals surface area contributed by atoms with Crippen LogP contribution in [0.5, 0.6) is 0 Å². The van der Waals surface area contributed by atoms with Crippen molar-refractivity contribution in [1.82, 2.24) is 24.1 Å². The summed E-state index contributed by atoms with van der Waals surface area (Å²) in [5.74, 6) is 1.28. The predicted molar refractivity (Wildman–Crippen MR) is 145 cm³/mol. The molecule has 7 heteroatoms. The van der Waals surface area contributed by atoms with Crippen molar-refractivity contribution in [2.45, 2.75) is 46.0 Å². The van der Waals surface area contributed by atoms with E-state index in [4.69, 9.17) is 4.79 Å². The second kappa shape index (κ2) is 14.3. The zero-order chi connectivity index (χ0) is 25.6. The van der Waals surface area contributed by atoms with E-state index in [-0.39, 0.29) is 0 Å². The molecule has 1 unspecified atom stereocenters. The third kappa shape index (κ3) is 6.99. The van der Waals surface area contributed by atoms with E-state index in [1.54, 1.807) is 17.0 Å². The van der Waals surface area contributed by atoms with Crippen molar-refractivity contribution < 1.29 is 4.79 Å². The van der Waals surface area contributed by atoms with Crippen LogP contribution in [0.4, 0.5) is 11.5 Å². The highest BCUT2D eigenvalue weighted by atomic mass is 16.1. The SMILES string of the molecule is C=CC.C=O.CC.Cn1cc(-c2cnc3c(Nc4ccc(C5C=CCCC5)cc4)nccn23)cn1. The van der Waals surface area contributed by atoms with E-state index in [0.29, 0.717) is 5.92 Å². The zero-order valence-electron chi connectivity index (χ0n) is 21.2. The maximum Gasteiger partial charge on any atom is 0.180 e. The molecule has 1 aliphatic rings. The van der Waals surface area contributed by atoms with Gasteiger partial charge in [0.1, 0.15) is 6.79 Å². The van der Waals surface area contributed by atoms with Crippen molar-refractivity contribution in [3.8, 4) is 11.3 Å². The molecule has 0 radical (unpaired) electrons. The van der Waals surface area contributed by atoms with Crippen LogP contribution in [0.1, 0.15) is 51.5 Å². The average Bonchev–Trinajstić information content (AvgIpc) is 3.55. The molecule has 1 N–H and O–H groups in total. The van der Waals surface area contributed by atoms with Crippen molar-refractivity contribution >= 4 is 23.9 Å². The van der Waals surface area contributed by atoms with E-state index in [9.17, 15) is 0 Å². The number of allylic oxidation sites excluding steroid dienone is 3. The maximum absolute atomic E-state index is 8.00. The van der Waals surface area contributed by atoms with Crippen molar-refractivity contribution in [3.05, 3.63) is 85.6 Å². The van der Waals surface area contributed by atoms with Crippen molar-refractivity contribution in [3.63, 3.8) is 0 Å². The van der Waals surface area contributed by atoms with Crippen molar-refractivity contribution in [1.29, 1.82) is 0 Å². The van der Waals surface area contributed by atoms with Gasteiger partial charge in [0.25, 0.3) is 0 Å². The van der Waals surface area contributed by atoms with Crippen molar-refractivity contribution in [2.75, 3.05) is 5.32 Å². The summed E-state index contributed by atoms with van der Waals surface area (Å²) in [5.41, 5.74) is 5.19. The highest BCUT2D eigenvalue weighted by Gasteiger charge is 2.13. The molecule has 0 amide bonds. The van der Waals surface area contributed by atoms with E-state index in [0.717, 1.165) is 28.4 Å². The van der Waals surface area contributed by atoms with Gasteiger partial charge in [-0.25, -0.2) is 9.97 Å². The molecule has 1 aliphatic carbocycles. The topological polar surface area (TPSA) is 77.1 Å². The van der Waals surface area contributed by atoms with Crippen LogP contribution >= 0.6 is 0 Å². The quantitative estimate of drug-likeness (QED) is 0.333. The van der Waals surface area contributed by atoms with E-state index in [1.807, 2.05) is 63.8 Å². The Morgan fingerprint density at radius 1 is 1.11 bits per heavy atom. The van der Waals surface area contributed by atoms with E-state index in [1.165, 1.54) is 24.8 Å². The zero-order valence-corrected chi connectivity index (χ0v) is 21.2. The number of hydrogen-bond acceptors (Lipinski definition) is 5. The first-order chi connectivity index (χ1) is 17.2. The van der Waals surface area contributed by atoms with Gasteiger partial charge in [-0.05, 0) is 43.9 Å². The van der Waals surface area contributed by atoms with Gasteiger partial charge in [-0.3, -0.25) is 9.08 Å². The number of rotatable bonds is 4. The second-order valence-electron chi connectivity index (χ2n) is 7.64. The van der Waals surface area contributed by atoms with Crippen LogP contribution in [-0.2, 0) is 11.8 Å². The number of nitrogens with one attached hydrogen (secondary N) is 1. The number of benzene rings is 1. The summed E-state index contributed by atoms with van der Waals surface area (Å²) in [5, 5.41) is 7.67. The molecule has 0 bridgehead atoms. The van der Waals surface area contributed by atoms with Crippen LogP contribution < -0.4 is 5.32 Å². The lowest BCUT2D eigenvalue weighted by atomic mass is 9.89. The fourth-order valence-electron chi connectivity index (χ4n) is 3.81. The molecular formula is C28H36N6O. The summed E-state index contributed by atoms with van der Waals surface area (Å²) in [6.07, 6.45) is 19.5. The molecule has 0 aliphatic heterocycles. The van der Waals surface area contributed by atoms with E-state index in [2.05, 4.69) is 63.4 Å². The third-order valence-electron chi connectivity index (χ3n) is 5.28. The summed E-state index contributed by atoms with van der Waals surface area (Å²) in [6.45, 7) is 11.2. The Kier molecular flexibility index (Phi) is 11.1. The number of nitrogens with zero attached hydrogens (tertiary/aromatic N) is 5. The number of carbonyl (C=O) groups excluding carboxylic acids is 1. The van der Waals surface area contributed by atoms with Crippen LogP contribution in [0.25, 0.3) is 16.9 Å². The maximum atomic E-state index is 8.00. The van der Waals surface area contributed by atoms with Gasteiger partial charge in [0.2, 0.25) is 0 Å². The summed E-state index contributed by atoms with van der Waals surface area (Å²) in [4.78, 5) is 17.1. The van der Waals surface area contributed by atoms with Crippen LogP contribution in [0.2, 0.25) is 0 Å². The first-order valence-electron chi connectivity index (χ1n) is 11.9. The lowest BCUT2D eigenvalue weighted by Gasteiger charge is -2.17. The van der Waals surface area contributed by atoms with Gasteiger partial charge in [0.15, 0.2) is 11.5 Å². The number of hydrogen-bond donors (Lipinski definition) is 1. The summed E-state index contributed by atoms with van der Waals surface area (Å²) < 4.78 is 3.83. The smallest absolute Gasteiger partial charge is 0.180 e. The molecule has 0 spiro atoms. The Labute approximate surface area is 208 Å². The van der Waals surface area contributed by atoms with Gasteiger partial charge < -0.3 is 10.1 Å². The predicted octanol–water partition coefficient (Wildman–Crippen LogP) is 6.73.